The SMILES string of the molecule is COc1cc(C=O)c(CCCl)cc1OC.[Sn]. The van der Waals surface area contributed by atoms with Crippen LogP contribution in [-0.4, -0.2) is 50.3 Å². The topological polar surface area (TPSA) is 35.5 Å². The second-order valence-corrected chi connectivity index (χ2v) is 3.34. The summed E-state index contributed by atoms with van der Waals surface area (Å²) in [6.07, 6.45) is 1.43. The van der Waals surface area contributed by atoms with Gasteiger partial charge in [-0.1, -0.05) is 0 Å². The number of benzene rings is 1. The largest absolute Gasteiger partial charge is 0.493 e. The predicted molar refractivity (Wildman–Crippen MR) is 65.1 cm³/mol. The molecule has 0 heterocycles. The number of halogens is 1. The number of hydrogen-bond acceptors (Lipinski definition) is 3. The number of aryl methyl sites for hydroxylation is 1. The van der Waals surface area contributed by atoms with E-state index >= 15 is 0 Å². The number of aldehydes is 1. The Morgan fingerprint density at radius 3 is 2.25 bits per heavy atom. The average molecular weight is 347 g/mol. The van der Waals surface area contributed by atoms with Crippen LogP contribution in [0.1, 0.15) is 15.9 Å². The Bertz CT molecular complexity index is 355. The molecule has 86 valence electrons. The van der Waals surface area contributed by atoms with Crippen LogP contribution in [0, 0.1) is 0 Å². The fourth-order valence-electron chi connectivity index (χ4n) is 1.36. The fraction of sp³-hybridized carbons (Fsp3) is 0.364. The van der Waals surface area contributed by atoms with E-state index in [1.165, 1.54) is 7.11 Å². The van der Waals surface area contributed by atoms with E-state index in [4.69, 9.17) is 21.1 Å². The third-order valence-electron chi connectivity index (χ3n) is 2.14. The molecule has 3 nitrogen and oxygen atoms in total. The van der Waals surface area contributed by atoms with E-state index in [2.05, 4.69) is 0 Å². The van der Waals surface area contributed by atoms with Crippen LogP contribution in [0.5, 0.6) is 11.5 Å². The number of ether oxygens (including phenoxy) is 2. The molecule has 0 atom stereocenters. The second-order valence-electron chi connectivity index (χ2n) is 2.96. The quantitative estimate of drug-likeness (QED) is 0.464. The molecule has 16 heavy (non-hydrogen) atoms. The zero-order valence-electron chi connectivity index (χ0n) is 9.25. The molecule has 0 aliphatic carbocycles. The standard InChI is InChI=1S/C11H13ClO3.Sn/c1-14-10-5-8(3-4-12)9(7-13)6-11(10)15-2;/h5-7H,3-4H2,1-2H3;. The molecule has 4 radical (unpaired) electrons. The molecule has 1 aromatic carbocycles. The maximum Gasteiger partial charge on any atom is 0.161 e. The summed E-state index contributed by atoms with van der Waals surface area (Å²) in [5.41, 5.74) is 1.46. The van der Waals surface area contributed by atoms with Crippen molar-refractivity contribution in [1.82, 2.24) is 0 Å². The van der Waals surface area contributed by atoms with Crippen LogP contribution in [0.15, 0.2) is 12.1 Å². The molecule has 0 spiro atoms. The molecule has 0 fully saturated rings. The molecule has 0 unspecified atom stereocenters. The van der Waals surface area contributed by atoms with Gasteiger partial charge in [0.15, 0.2) is 11.5 Å². The maximum absolute atomic E-state index is 10.8. The van der Waals surface area contributed by atoms with Gasteiger partial charge in [0, 0.05) is 35.4 Å². The minimum absolute atomic E-state index is 0. The summed E-state index contributed by atoms with van der Waals surface area (Å²) in [7, 11) is 3.09. The van der Waals surface area contributed by atoms with Crippen molar-refractivity contribution in [2.75, 3.05) is 20.1 Å². The van der Waals surface area contributed by atoms with E-state index in [9.17, 15) is 4.79 Å². The summed E-state index contributed by atoms with van der Waals surface area (Å²) in [6, 6.07) is 3.44. The third-order valence-corrected chi connectivity index (χ3v) is 2.33. The van der Waals surface area contributed by atoms with Crippen molar-refractivity contribution in [3.8, 4) is 11.5 Å². The zero-order valence-corrected chi connectivity index (χ0v) is 12.9. The number of rotatable bonds is 5. The average Bonchev–Trinajstić information content (AvgIpc) is 2.28. The summed E-state index contributed by atoms with van der Waals surface area (Å²) >= 11 is 5.65. The van der Waals surface area contributed by atoms with Crippen LogP contribution in [0.2, 0.25) is 0 Å². The minimum atomic E-state index is 0. The molecule has 0 aliphatic rings. The van der Waals surface area contributed by atoms with Gasteiger partial charge >= 0.3 is 0 Å². The van der Waals surface area contributed by atoms with Gasteiger partial charge in [-0.15, -0.1) is 11.6 Å². The Balaban J connectivity index is 0.00000225. The van der Waals surface area contributed by atoms with Crippen LogP contribution in [-0.2, 0) is 6.42 Å². The van der Waals surface area contributed by atoms with Gasteiger partial charge in [-0.2, -0.15) is 0 Å². The van der Waals surface area contributed by atoms with E-state index in [1.54, 1.807) is 19.2 Å². The molecule has 0 aliphatic heterocycles. The molecule has 0 saturated heterocycles. The molecule has 0 aromatic heterocycles. The monoisotopic (exact) mass is 348 g/mol. The maximum atomic E-state index is 10.8. The number of hydrogen-bond donors (Lipinski definition) is 0. The molecule has 1 rings (SSSR count). The van der Waals surface area contributed by atoms with Crippen molar-refractivity contribution in [2.45, 2.75) is 6.42 Å². The molecule has 0 saturated carbocycles. The van der Waals surface area contributed by atoms with Crippen molar-refractivity contribution in [1.29, 1.82) is 0 Å². The van der Waals surface area contributed by atoms with Gasteiger partial charge in [0.25, 0.3) is 0 Å². The second kappa shape index (κ2) is 7.79. The number of methoxy groups -OCH3 is 2. The van der Waals surface area contributed by atoms with Crippen LogP contribution in [0.4, 0.5) is 0 Å². The van der Waals surface area contributed by atoms with Gasteiger partial charge in [-0.05, 0) is 24.1 Å². The van der Waals surface area contributed by atoms with Gasteiger partial charge in [0.1, 0.15) is 6.29 Å². The van der Waals surface area contributed by atoms with Gasteiger partial charge < -0.3 is 9.47 Å². The Hall–Kier alpha value is -0.421. The molecule has 0 bridgehead atoms. The summed E-state index contributed by atoms with van der Waals surface area (Å²) < 4.78 is 10.2. The summed E-state index contributed by atoms with van der Waals surface area (Å²) in [5.74, 6) is 1.64. The van der Waals surface area contributed by atoms with Crippen LogP contribution in [0.25, 0.3) is 0 Å². The third kappa shape index (κ3) is 3.56. The van der Waals surface area contributed by atoms with Crippen molar-refractivity contribution in [2.24, 2.45) is 0 Å². The van der Waals surface area contributed by atoms with Crippen LogP contribution < -0.4 is 9.47 Å². The Morgan fingerprint density at radius 1 is 1.25 bits per heavy atom. The zero-order chi connectivity index (χ0) is 11.3. The van der Waals surface area contributed by atoms with Gasteiger partial charge in [-0.3, -0.25) is 4.79 Å². The van der Waals surface area contributed by atoms with Crippen molar-refractivity contribution >= 4 is 41.8 Å². The Morgan fingerprint density at radius 2 is 1.81 bits per heavy atom. The predicted octanol–water partition coefficient (Wildman–Crippen LogP) is 1.92. The first-order valence-corrected chi connectivity index (χ1v) is 5.06. The molecular formula is C11H13ClO3Sn. The molecule has 5 heteroatoms. The van der Waals surface area contributed by atoms with E-state index in [0.717, 1.165) is 11.8 Å². The van der Waals surface area contributed by atoms with Crippen LogP contribution >= 0.6 is 11.6 Å². The normalized spacial score (nSPS) is 9.19. The molecule has 1 aromatic rings. The first-order valence-electron chi connectivity index (χ1n) is 4.52. The van der Waals surface area contributed by atoms with Crippen LogP contribution in [0.3, 0.4) is 0 Å². The van der Waals surface area contributed by atoms with E-state index in [-0.39, 0.29) is 23.9 Å². The fourth-order valence-corrected chi connectivity index (χ4v) is 1.57. The minimum Gasteiger partial charge on any atom is -0.493 e. The molecule has 0 N–H and O–H groups in total. The smallest absolute Gasteiger partial charge is 0.161 e. The number of carbonyl (C=O) groups excluding carboxylic acids is 1. The first kappa shape index (κ1) is 15.6. The van der Waals surface area contributed by atoms with Crippen molar-refractivity contribution in [3.63, 3.8) is 0 Å². The summed E-state index contributed by atoms with van der Waals surface area (Å²) in [6.45, 7) is 0. The van der Waals surface area contributed by atoms with Crippen molar-refractivity contribution in [3.05, 3.63) is 23.3 Å². The molecular weight excluding hydrogens is 334 g/mol. The molecule has 0 amide bonds. The van der Waals surface area contributed by atoms with Gasteiger partial charge in [0.05, 0.1) is 14.2 Å². The van der Waals surface area contributed by atoms with E-state index in [0.29, 0.717) is 29.4 Å². The van der Waals surface area contributed by atoms with Gasteiger partial charge in [-0.25, -0.2) is 0 Å². The summed E-state index contributed by atoms with van der Waals surface area (Å²) in [5, 5.41) is 0. The Labute approximate surface area is 117 Å². The van der Waals surface area contributed by atoms with Crippen molar-refractivity contribution < 1.29 is 14.3 Å². The van der Waals surface area contributed by atoms with Gasteiger partial charge in [0.2, 0.25) is 0 Å². The number of carbonyl (C=O) groups is 1. The first-order chi connectivity index (χ1) is 7.26. The number of alkyl halides is 1. The Kier molecular flexibility index (Phi) is 7.58. The van der Waals surface area contributed by atoms with E-state index < -0.39 is 0 Å². The van der Waals surface area contributed by atoms with E-state index in [1.807, 2.05) is 0 Å². The summed E-state index contributed by atoms with van der Waals surface area (Å²) in [4.78, 5) is 10.8.